The average Bonchev–Trinajstić information content (AvgIpc) is 1.90. The quantitative estimate of drug-likeness (QED) is 0.145. The van der Waals surface area contributed by atoms with Crippen LogP contribution in [0.4, 0.5) is 0 Å². The molecule has 0 aliphatic heterocycles. The van der Waals surface area contributed by atoms with Gasteiger partial charge in [0.1, 0.15) is 0 Å². The van der Waals surface area contributed by atoms with Crippen LogP contribution in [0.3, 0.4) is 0 Å². The van der Waals surface area contributed by atoms with Crippen molar-refractivity contribution in [2.45, 2.75) is 163 Å². The molecule has 0 fully saturated rings. The minimum absolute atomic E-state index is 0. The van der Waals surface area contributed by atoms with Crippen LogP contribution in [0.25, 0.3) is 101 Å². The molecule has 10 aromatic rings. The van der Waals surface area contributed by atoms with Crippen LogP contribution in [0, 0.1) is 20.8 Å². The summed E-state index contributed by atoms with van der Waals surface area (Å²) in [5.41, 5.74) is 32.7. The Hall–Kier alpha value is -8.01. The van der Waals surface area contributed by atoms with E-state index in [1.807, 2.05) is 0 Å². The molecule has 7 aromatic carbocycles. The molecule has 0 atom stereocenters. The summed E-state index contributed by atoms with van der Waals surface area (Å²) in [6.07, 6.45) is 9.64. The van der Waals surface area contributed by atoms with Gasteiger partial charge in [0.15, 0.2) is 0 Å². The van der Waals surface area contributed by atoms with E-state index in [0.29, 0.717) is 0 Å². The number of hydrogen-bond donors (Lipinski definition) is 0. The van der Waals surface area contributed by atoms with Crippen LogP contribution in [0.15, 0.2) is 182 Å². The summed E-state index contributed by atoms with van der Waals surface area (Å²) >= 11 is 0. The third kappa shape index (κ3) is 9.90. The van der Waals surface area contributed by atoms with E-state index in [0.717, 1.165) is 69.7 Å². The first kappa shape index (κ1) is 57.4. The fraction of sp³-hybridized carbons (Fsp3) is 0.305. The van der Waals surface area contributed by atoms with Gasteiger partial charge in [0.05, 0.1) is 17.1 Å². The Kier molecular flexibility index (Phi) is 13.7. The van der Waals surface area contributed by atoms with Crippen LogP contribution < -0.4 is 0 Å². The zero-order chi connectivity index (χ0) is 59.0. The predicted molar refractivity (Wildman–Crippen MR) is 362 cm³/mol. The average molecular weight is 1110 g/mol. The first-order valence-electron chi connectivity index (χ1n) is 30.6. The molecule has 0 bridgehead atoms. The highest BCUT2D eigenvalue weighted by Crippen LogP contribution is 2.57. The largest absolute Gasteiger partial charge is 0.256 e. The van der Waals surface area contributed by atoms with Crippen molar-refractivity contribution in [1.29, 1.82) is 0 Å². The van der Waals surface area contributed by atoms with Crippen molar-refractivity contribution in [2.75, 3.05) is 0 Å². The lowest BCUT2D eigenvalue weighted by atomic mass is 9.79. The predicted octanol–water partition coefficient (Wildman–Crippen LogP) is 22.3. The zero-order valence-corrected chi connectivity index (χ0v) is 52.3. The van der Waals surface area contributed by atoms with Gasteiger partial charge in [-0.3, -0.25) is 15.0 Å². The topological polar surface area (TPSA) is 38.7 Å². The molecule has 0 radical (unpaired) electrons. The van der Waals surface area contributed by atoms with Gasteiger partial charge in [-0.05, 0) is 245 Å². The van der Waals surface area contributed by atoms with E-state index in [1.165, 1.54) is 100 Å². The molecular weight excluding hydrogens is 1030 g/mol. The van der Waals surface area contributed by atoms with Gasteiger partial charge >= 0.3 is 0 Å². The minimum Gasteiger partial charge on any atom is -0.256 e. The minimum atomic E-state index is -0.0407. The lowest BCUT2D eigenvalue weighted by molar-refractivity contribution is 0.403. The summed E-state index contributed by atoms with van der Waals surface area (Å²) in [4.78, 5) is 15.8. The highest BCUT2D eigenvalue weighted by molar-refractivity contribution is 5.97. The van der Waals surface area contributed by atoms with Crippen molar-refractivity contribution in [2.24, 2.45) is 0 Å². The van der Waals surface area contributed by atoms with Crippen LogP contribution in [-0.2, 0) is 32.5 Å². The highest BCUT2D eigenvalue weighted by atomic mass is 14.7. The third-order valence-corrected chi connectivity index (χ3v) is 19.8. The normalized spacial score (nSPS) is 17.0. The summed E-state index contributed by atoms with van der Waals surface area (Å²) in [7, 11) is 0. The highest BCUT2D eigenvalue weighted by Gasteiger charge is 2.45. The van der Waals surface area contributed by atoms with E-state index < -0.39 is 0 Å². The molecule has 85 heavy (non-hydrogen) atoms. The van der Waals surface area contributed by atoms with Crippen molar-refractivity contribution < 1.29 is 0 Å². The molecule has 0 saturated heterocycles. The van der Waals surface area contributed by atoms with Crippen LogP contribution in [0.5, 0.6) is 0 Å². The Bertz CT molecular complexity index is 3830. The van der Waals surface area contributed by atoms with Crippen LogP contribution in [-0.4, -0.2) is 15.0 Å². The smallest absolute Gasteiger partial charge is 0.0705 e. The molecule has 13 rings (SSSR count). The summed E-state index contributed by atoms with van der Waals surface area (Å²) in [5, 5.41) is 0. The van der Waals surface area contributed by atoms with E-state index >= 15 is 0 Å². The van der Waals surface area contributed by atoms with E-state index in [2.05, 4.69) is 286 Å². The number of rotatable bonds is 9. The maximum Gasteiger partial charge on any atom is 0.0705 e. The van der Waals surface area contributed by atoms with Gasteiger partial charge in [0, 0.05) is 52.0 Å². The Morgan fingerprint density at radius 1 is 0.247 bits per heavy atom. The summed E-state index contributed by atoms with van der Waals surface area (Å²) in [5.74, 6) is 0. The molecule has 3 aromatic heterocycles. The second-order valence-corrected chi connectivity index (χ2v) is 29.2. The molecular formula is C82H85N3. The number of pyridine rings is 3. The fourth-order valence-corrected chi connectivity index (χ4v) is 16.3. The number of benzene rings is 7. The molecule has 3 nitrogen and oxygen atoms in total. The maximum atomic E-state index is 5.27. The summed E-state index contributed by atoms with van der Waals surface area (Å²) in [6.45, 7) is 36.2. The Balaban J connectivity index is 0.00000709. The first-order chi connectivity index (χ1) is 39.8. The van der Waals surface area contributed by atoms with Gasteiger partial charge < -0.3 is 0 Å². The Labute approximate surface area is 508 Å². The van der Waals surface area contributed by atoms with Crippen LogP contribution >= 0.6 is 0 Å². The summed E-state index contributed by atoms with van der Waals surface area (Å²) in [6, 6.07) is 61.7. The zero-order valence-electron chi connectivity index (χ0n) is 52.3. The first-order valence-corrected chi connectivity index (χ1v) is 30.6. The maximum absolute atomic E-state index is 5.27. The molecule has 3 aliphatic carbocycles. The number of aromatic nitrogens is 3. The van der Waals surface area contributed by atoms with E-state index in [4.69, 9.17) is 15.0 Å². The second kappa shape index (κ2) is 20.3. The molecule has 0 saturated carbocycles. The molecule has 3 aliphatic rings. The number of aryl methyl sites for hydroxylation is 3. The molecule has 0 N–H and O–H groups in total. The number of hydrogen-bond acceptors (Lipinski definition) is 3. The molecule has 3 heteroatoms. The van der Waals surface area contributed by atoms with Crippen molar-refractivity contribution in [3.63, 3.8) is 0 Å². The van der Waals surface area contributed by atoms with Crippen molar-refractivity contribution >= 4 is 0 Å². The van der Waals surface area contributed by atoms with Gasteiger partial charge in [-0.2, -0.15) is 0 Å². The van der Waals surface area contributed by atoms with Gasteiger partial charge in [-0.25, -0.2) is 0 Å². The SMILES string of the molecule is C.Cc1cc(-c2ccccc2)ncc1-c1cc2c(cc1-c1cc(-c3cc4c(cc3-c3cnc(-c5ccccc5)cc3C)C(C)(C)CC4(C)C)cc(-c3cc4c(cc3-c3cnc(-c5ccccc5)cc3C)C(C)(C)CC4(C)C)c1)C(C)(C)CC2(C)C. The van der Waals surface area contributed by atoms with Crippen LogP contribution in [0.1, 0.15) is 160 Å². The second-order valence-electron chi connectivity index (χ2n) is 29.2. The van der Waals surface area contributed by atoms with E-state index in [9.17, 15) is 0 Å². The van der Waals surface area contributed by atoms with Crippen molar-refractivity contribution in [3.8, 4) is 101 Å². The van der Waals surface area contributed by atoms with Gasteiger partial charge in [0.25, 0.3) is 0 Å². The van der Waals surface area contributed by atoms with Gasteiger partial charge in [0.2, 0.25) is 0 Å². The molecule has 3 heterocycles. The fourth-order valence-electron chi connectivity index (χ4n) is 16.3. The van der Waals surface area contributed by atoms with Gasteiger partial charge in [-0.15, -0.1) is 0 Å². The van der Waals surface area contributed by atoms with Gasteiger partial charge in [-0.1, -0.05) is 182 Å². The lowest BCUT2D eigenvalue weighted by Crippen LogP contribution is -2.18. The van der Waals surface area contributed by atoms with E-state index in [-0.39, 0.29) is 39.9 Å². The molecule has 0 unspecified atom stereocenters. The van der Waals surface area contributed by atoms with Crippen molar-refractivity contribution in [3.05, 3.63) is 232 Å². The van der Waals surface area contributed by atoms with E-state index in [1.54, 1.807) is 0 Å². The standard InChI is InChI=1S/C81H81N3.CH4/c1-49-31-73(52-25-19-16-20-26-52)82-43-64(49)61-40-70-67(76(4,5)46-79(70,10)11)37-58(61)55-34-56(59-38-68-71(80(12,13)47-77(68,6)7)41-62(59)65-44-83-74(32-50(65)2)53-27-21-17-22-28-53)36-57(35-55)60-39-69-72(81(14,15)48-78(69,8)9)42-63(60)66-45-84-75(33-51(66)3)54-29-23-18-24-30-54;/h16-45H,46-48H2,1-15H3;1H4. The monoisotopic (exact) mass is 1110 g/mol. The number of fused-ring (bicyclic) bond motifs is 3. The lowest BCUT2D eigenvalue weighted by Gasteiger charge is -2.25. The molecule has 0 spiro atoms. The summed E-state index contributed by atoms with van der Waals surface area (Å²) < 4.78 is 0. The third-order valence-electron chi connectivity index (χ3n) is 19.8. The molecule has 428 valence electrons. The Morgan fingerprint density at radius 3 is 0.671 bits per heavy atom. The van der Waals surface area contributed by atoms with Crippen LogP contribution in [0.2, 0.25) is 0 Å². The Morgan fingerprint density at radius 2 is 0.459 bits per heavy atom. The number of nitrogens with zero attached hydrogens (tertiary/aromatic N) is 3. The van der Waals surface area contributed by atoms with Crippen molar-refractivity contribution in [1.82, 2.24) is 15.0 Å². The molecule has 0 amide bonds.